The molecule has 0 saturated carbocycles. The van der Waals surface area contributed by atoms with Crippen molar-refractivity contribution in [2.45, 2.75) is 13.2 Å². The predicted molar refractivity (Wildman–Crippen MR) is 41.7 cm³/mol. The summed E-state index contributed by atoms with van der Waals surface area (Å²) < 4.78 is 27.7. The molecule has 0 fully saturated rings. The van der Waals surface area contributed by atoms with Gasteiger partial charge in [-0.3, -0.25) is 0 Å². The molecule has 13 heavy (non-hydrogen) atoms. The van der Waals surface area contributed by atoms with Gasteiger partial charge >= 0.3 is 6.61 Å². The lowest BCUT2D eigenvalue weighted by Crippen LogP contribution is -2.07. The van der Waals surface area contributed by atoms with Crippen molar-refractivity contribution in [3.05, 3.63) is 29.8 Å². The van der Waals surface area contributed by atoms with Gasteiger partial charge in [0.25, 0.3) is 0 Å². The first-order chi connectivity index (χ1) is 6.22. The third kappa shape index (κ3) is 3.35. The lowest BCUT2D eigenvalue weighted by atomic mass is 10.2. The second-order valence-electron chi connectivity index (χ2n) is 2.36. The lowest BCUT2D eigenvalue weighted by Gasteiger charge is -2.05. The van der Waals surface area contributed by atoms with Crippen molar-refractivity contribution < 1.29 is 18.7 Å². The Balaban J connectivity index is 2.67. The Kier molecular flexibility index (Phi) is 3.60. The first kappa shape index (κ1) is 9.88. The zero-order chi connectivity index (χ0) is 9.68. The molecule has 3 nitrogen and oxygen atoms in total. The topological polar surface area (TPSA) is 41.5 Å². The summed E-state index contributed by atoms with van der Waals surface area (Å²) in [6.45, 7) is -2.63. The van der Waals surface area contributed by atoms with Gasteiger partial charge in [-0.05, 0) is 17.7 Å². The first-order valence-electron chi connectivity index (χ1n) is 3.63. The average Bonchev–Trinajstić information content (AvgIpc) is 2.04. The molecule has 0 unspecified atom stereocenters. The number of alkyl halides is 2. The molecule has 2 N–H and O–H groups in total. The van der Waals surface area contributed by atoms with E-state index in [0.29, 0.717) is 5.56 Å². The maximum Gasteiger partial charge on any atom is 0.387 e. The molecular formula is C8H9F2NO2. The molecule has 0 aromatic heterocycles. The summed E-state index contributed by atoms with van der Waals surface area (Å²) in [6.07, 6.45) is 0. The maximum absolute atomic E-state index is 11.8. The number of halogens is 2. The summed E-state index contributed by atoms with van der Waals surface area (Å²) in [5.41, 5.74) is 2.59. The van der Waals surface area contributed by atoms with Crippen LogP contribution in [0.1, 0.15) is 5.56 Å². The number of ether oxygens (including phenoxy) is 1. The molecule has 0 aliphatic carbocycles. The van der Waals surface area contributed by atoms with Crippen LogP contribution in [0.2, 0.25) is 0 Å². The summed E-state index contributed by atoms with van der Waals surface area (Å²) in [4.78, 5) is 0. The second kappa shape index (κ2) is 4.74. The molecule has 0 aliphatic rings. The van der Waals surface area contributed by atoms with E-state index in [1.807, 2.05) is 5.48 Å². The van der Waals surface area contributed by atoms with Crippen LogP contribution in [0, 0.1) is 0 Å². The molecule has 1 aromatic carbocycles. The first-order valence-corrected chi connectivity index (χ1v) is 3.63. The minimum Gasteiger partial charge on any atom is -0.435 e. The van der Waals surface area contributed by atoms with E-state index in [4.69, 9.17) is 5.21 Å². The van der Waals surface area contributed by atoms with E-state index in [0.717, 1.165) is 0 Å². The number of hydrogen-bond acceptors (Lipinski definition) is 3. The molecule has 0 saturated heterocycles. The van der Waals surface area contributed by atoms with Gasteiger partial charge in [-0.1, -0.05) is 12.1 Å². The van der Waals surface area contributed by atoms with E-state index in [2.05, 4.69) is 4.74 Å². The van der Waals surface area contributed by atoms with Crippen LogP contribution >= 0.6 is 0 Å². The van der Waals surface area contributed by atoms with Crippen molar-refractivity contribution in [2.75, 3.05) is 0 Å². The molecule has 0 bridgehead atoms. The van der Waals surface area contributed by atoms with Gasteiger partial charge in [0.05, 0.1) is 0 Å². The molecule has 0 spiro atoms. The number of hydrogen-bond donors (Lipinski definition) is 2. The quantitative estimate of drug-likeness (QED) is 0.709. The summed E-state index contributed by atoms with van der Waals surface area (Å²) >= 11 is 0. The summed E-state index contributed by atoms with van der Waals surface area (Å²) in [5, 5.41) is 8.35. The van der Waals surface area contributed by atoms with Gasteiger partial charge in [0.2, 0.25) is 0 Å². The van der Waals surface area contributed by atoms with Crippen molar-refractivity contribution in [1.82, 2.24) is 5.48 Å². The minimum absolute atomic E-state index is 0.0859. The van der Waals surface area contributed by atoms with Crippen molar-refractivity contribution in [3.63, 3.8) is 0 Å². The highest BCUT2D eigenvalue weighted by Crippen LogP contribution is 2.15. The van der Waals surface area contributed by atoms with E-state index in [1.165, 1.54) is 12.1 Å². The SMILES string of the molecule is ONCc1cccc(OC(F)F)c1. The summed E-state index contributed by atoms with van der Waals surface area (Å²) in [5.74, 6) is 0.0859. The zero-order valence-corrected chi connectivity index (χ0v) is 6.71. The predicted octanol–water partition coefficient (Wildman–Crippen LogP) is 1.77. The average molecular weight is 189 g/mol. The molecular weight excluding hydrogens is 180 g/mol. The zero-order valence-electron chi connectivity index (χ0n) is 6.71. The highest BCUT2D eigenvalue weighted by molar-refractivity contribution is 5.28. The summed E-state index contributed by atoms with van der Waals surface area (Å²) in [6, 6.07) is 6.11. The lowest BCUT2D eigenvalue weighted by molar-refractivity contribution is -0.0498. The Morgan fingerprint density at radius 2 is 2.23 bits per heavy atom. The second-order valence-corrected chi connectivity index (χ2v) is 2.36. The van der Waals surface area contributed by atoms with Gasteiger partial charge in [0.1, 0.15) is 5.75 Å². The van der Waals surface area contributed by atoms with Gasteiger partial charge in [-0.2, -0.15) is 8.78 Å². The van der Waals surface area contributed by atoms with Crippen molar-refractivity contribution in [2.24, 2.45) is 0 Å². The van der Waals surface area contributed by atoms with Crippen molar-refractivity contribution >= 4 is 0 Å². The monoisotopic (exact) mass is 189 g/mol. The van der Waals surface area contributed by atoms with Crippen LogP contribution < -0.4 is 10.2 Å². The third-order valence-electron chi connectivity index (χ3n) is 1.41. The molecule has 0 aliphatic heterocycles. The molecule has 72 valence electrons. The molecule has 5 heteroatoms. The molecule has 1 rings (SSSR count). The Labute approximate surface area is 73.9 Å². The standard InChI is InChI=1S/C8H9F2NO2/c9-8(10)13-7-3-1-2-6(4-7)5-11-12/h1-4,8,11-12H,5H2. The Bertz CT molecular complexity index is 268. The van der Waals surface area contributed by atoms with Crippen LogP contribution in [0.3, 0.4) is 0 Å². The van der Waals surface area contributed by atoms with Gasteiger partial charge in [0, 0.05) is 6.54 Å². The Morgan fingerprint density at radius 3 is 2.85 bits per heavy atom. The van der Waals surface area contributed by atoms with Crippen LogP contribution in [0.15, 0.2) is 24.3 Å². The molecule has 0 atom stereocenters. The largest absolute Gasteiger partial charge is 0.435 e. The fourth-order valence-electron chi connectivity index (χ4n) is 0.923. The van der Waals surface area contributed by atoms with Gasteiger partial charge in [-0.15, -0.1) is 0 Å². The number of rotatable bonds is 4. The highest BCUT2D eigenvalue weighted by Gasteiger charge is 2.03. The number of hydroxylamine groups is 1. The highest BCUT2D eigenvalue weighted by atomic mass is 19.3. The smallest absolute Gasteiger partial charge is 0.387 e. The molecule has 1 aromatic rings. The minimum atomic E-state index is -2.82. The molecule has 0 radical (unpaired) electrons. The van der Waals surface area contributed by atoms with E-state index in [-0.39, 0.29) is 12.3 Å². The van der Waals surface area contributed by atoms with Gasteiger partial charge in [0.15, 0.2) is 0 Å². The van der Waals surface area contributed by atoms with Crippen LogP contribution in [0.4, 0.5) is 8.78 Å². The van der Waals surface area contributed by atoms with E-state index in [9.17, 15) is 8.78 Å². The van der Waals surface area contributed by atoms with E-state index < -0.39 is 6.61 Å². The molecule has 0 amide bonds. The Morgan fingerprint density at radius 1 is 1.46 bits per heavy atom. The van der Waals surface area contributed by atoms with E-state index in [1.54, 1.807) is 12.1 Å². The maximum atomic E-state index is 11.8. The van der Waals surface area contributed by atoms with Crippen LogP contribution in [-0.4, -0.2) is 11.8 Å². The van der Waals surface area contributed by atoms with Gasteiger partial charge < -0.3 is 9.94 Å². The third-order valence-corrected chi connectivity index (χ3v) is 1.41. The molecule has 0 heterocycles. The fraction of sp³-hybridized carbons (Fsp3) is 0.250. The van der Waals surface area contributed by atoms with E-state index >= 15 is 0 Å². The summed E-state index contributed by atoms with van der Waals surface area (Å²) in [7, 11) is 0. The van der Waals surface area contributed by atoms with Crippen LogP contribution in [0.5, 0.6) is 5.75 Å². The number of nitrogens with one attached hydrogen (secondary N) is 1. The van der Waals surface area contributed by atoms with Crippen molar-refractivity contribution in [1.29, 1.82) is 0 Å². The number of benzene rings is 1. The van der Waals surface area contributed by atoms with Crippen molar-refractivity contribution in [3.8, 4) is 5.75 Å². The van der Waals surface area contributed by atoms with Gasteiger partial charge in [-0.25, -0.2) is 5.48 Å². The normalized spacial score (nSPS) is 10.5. The van der Waals surface area contributed by atoms with Crippen LogP contribution in [-0.2, 0) is 6.54 Å². The fourth-order valence-corrected chi connectivity index (χ4v) is 0.923. The van der Waals surface area contributed by atoms with Crippen LogP contribution in [0.25, 0.3) is 0 Å². The Hall–Kier alpha value is -1.20.